The van der Waals surface area contributed by atoms with Gasteiger partial charge in [0.25, 0.3) is 0 Å². The van der Waals surface area contributed by atoms with Crippen LogP contribution < -0.4 is 9.80 Å². The van der Waals surface area contributed by atoms with Gasteiger partial charge in [0.1, 0.15) is 0 Å². The van der Waals surface area contributed by atoms with Crippen LogP contribution in [-0.4, -0.2) is 0 Å². The molecule has 0 N–H and O–H groups in total. The third kappa shape index (κ3) is 8.00. The van der Waals surface area contributed by atoms with E-state index in [2.05, 4.69) is 274 Å². The second-order valence-electron chi connectivity index (χ2n) is 22.0. The van der Waals surface area contributed by atoms with Crippen molar-refractivity contribution in [3.63, 3.8) is 0 Å². The topological polar surface area (TPSA) is 6.48 Å². The maximum absolute atomic E-state index is 2.53. The summed E-state index contributed by atoms with van der Waals surface area (Å²) in [5, 5.41) is 7.53. The minimum absolute atomic E-state index is 0.00269. The fourth-order valence-corrected chi connectivity index (χ4v) is 10.5. The van der Waals surface area contributed by atoms with Crippen molar-refractivity contribution >= 4 is 66.4 Å². The Morgan fingerprint density at radius 3 is 1.12 bits per heavy atom. The average molecular weight is 885 g/mol. The highest BCUT2D eigenvalue weighted by Crippen LogP contribution is 2.52. The Bertz CT molecular complexity index is 3250. The summed E-state index contributed by atoms with van der Waals surface area (Å²) in [6.45, 7) is 25.3. The lowest BCUT2D eigenvalue weighted by atomic mass is 9.81. The Balaban J connectivity index is 1.33. The van der Waals surface area contributed by atoms with E-state index in [1.165, 1.54) is 82.4 Å². The molecule has 0 fully saturated rings. The zero-order valence-electron chi connectivity index (χ0n) is 41.8. The summed E-state index contributed by atoms with van der Waals surface area (Å²) in [5.41, 5.74) is 18.1. The third-order valence-electron chi connectivity index (χ3n) is 14.0. The monoisotopic (exact) mass is 885 g/mol. The summed E-state index contributed by atoms with van der Waals surface area (Å²) in [4.78, 5) is 5.06. The molecule has 0 heterocycles. The van der Waals surface area contributed by atoms with E-state index < -0.39 is 0 Å². The molecule has 0 amide bonds. The summed E-state index contributed by atoms with van der Waals surface area (Å²) in [6, 6.07) is 70.7. The summed E-state index contributed by atoms with van der Waals surface area (Å²) >= 11 is 0. The molecule has 0 aliphatic heterocycles. The molecule has 68 heavy (non-hydrogen) atoms. The zero-order valence-corrected chi connectivity index (χ0v) is 41.8. The molecule has 0 aromatic heterocycles. The van der Waals surface area contributed by atoms with Crippen LogP contribution >= 0.6 is 0 Å². The van der Waals surface area contributed by atoms with Gasteiger partial charge in [-0.25, -0.2) is 0 Å². The van der Waals surface area contributed by atoms with Crippen LogP contribution in [0.1, 0.15) is 90.1 Å². The number of benzene rings is 10. The van der Waals surface area contributed by atoms with Gasteiger partial charge in [-0.05, 0) is 139 Å². The fraction of sp³-hybridized carbons (Fsp3) is 0.212. The molecule has 0 unspecified atom stereocenters. The molecule has 0 saturated heterocycles. The standard InChI is InChI=1S/C66H64N2/c1-43-30-32-45(52-26-18-20-28-56(52)65(6,7)8)40-58(43)67(50-22-14-12-15-23-50)60-42-61(55-37-35-48-39-49(64(3,4)5)38-47-34-36-54(60)63(55)62(47)48)68(51-24-16-13-17-25-51)59-41-46(33-31-44(59)2)53-27-19-21-29-57(53)66(9,10)11/h12-42H,1-11H3. The Kier molecular flexibility index (Phi) is 11.1. The van der Waals surface area contributed by atoms with E-state index >= 15 is 0 Å². The van der Waals surface area contributed by atoms with Crippen LogP contribution in [0.25, 0.3) is 54.6 Å². The number of anilines is 6. The molecular weight excluding hydrogens is 821 g/mol. The molecule has 0 spiro atoms. The van der Waals surface area contributed by atoms with E-state index in [0.717, 1.165) is 34.1 Å². The Morgan fingerprint density at radius 2 is 0.721 bits per heavy atom. The van der Waals surface area contributed by atoms with Crippen LogP contribution in [0.2, 0.25) is 0 Å². The van der Waals surface area contributed by atoms with Gasteiger partial charge in [0, 0.05) is 38.9 Å². The number of hydrogen-bond donors (Lipinski definition) is 0. The number of hydrogen-bond acceptors (Lipinski definition) is 2. The van der Waals surface area contributed by atoms with Crippen LogP contribution in [0, 0.1) is 13.8 Å². The number of rotatable bonds is 8. The van der Waals surface area contributed by atoms with Crippen molar-refractivity contribution in [2.24, 2.45) is 0 Å². The summed E-state index contributed by atoms with van der Waals surface area (Å²) < 4.78 is 0. The molecule has 0 aliphatic rings. The lowest BCUT2D eigenvalue weighted by Crippen LogP contribution is -2.16. The maximum atomic E-state index is 2.53. The molecule has 2 heteroatoms. The first kappa shape index (κ1) is 44.7. The summed E-state index contributed by atoms with van der Waals surface area (Å²) in [6.07, 6.45) is 0. The van der Waals surface area contributed by atoms with E-state index in [4.69, 9.17) is 0 Å². The van der Waals surface area contributed by atoms with Gasteiger partial charge in [-0.1, -0.05) is 208 Å². The number of aryl methyl sites for hydroxylation is 2. The molecule has 10 aromatic rings. The first-order valence-electron chi connectivity index (χ1n) is 24.3. The molecule has 2 nitrogen and oxygen atoms in total. The van der Waals surface area contributed by atoms with E-state index in [9.17, 15) is 0 Å². The molecule has 338 valence electrons. The van der Waals surface area contributed by atoms with Crippen LogP contribution in [0.15, 0.2) is 188 Å². The van der Waals surface area contributed by atoms with Gasteiger partial charge in [-0.15, -0.1) is 0 Å². The average Bonchev–Trinajstić information content (AvgIpc) is 3.32. The van der Waals surface area contributed by atoms with Gasteiger partial charge >= 0.3 is 0 Å². The number of para-hydroxylation sites is 2. The Hall–Kier alpha value is -7.16. The molecule has 0 aliphatic carbocycles. The van der Waals surface area contributed by atoms with Crippen molar-refractivity contribution in [1.29, 1.82) is 0 Å². The van der Waals surface area contributed by atoms with Crippen molar-refractivity contribution in [3.8, 4) is 22.3 Å². The lowest BCUT2D eigenvalue weighted by Gasteiger charge is -2.34. The predicted octanol–water partition coefficient (Wildman–Crippen LogP) is 19.4. The Morgan fingerprint density at radius 1 is 0.324 bits per heavy atom. The van der Waals surface area contributed by atoms with Gasteiger partial charge in [0.2, 0.25) is 0 Å². The highest BCUT2D eigenvalue weighted by atomic mass is 15.2. The minimum Gasteiger partial charge on any atom is -0.310 e. The van der Waals surface area contributed by atoms with Gasteiger partial charge < -0.3 is 9.80 Å². The molecule has 0 radical (unpaired) electrons. The largest absolute Gasteiger partial charge is 0.310 e. The smallest absolute Gasteiger partial charge is 0.0561 e. The van der Waals surface area contributed by atoms with Crippen LogP contribution in [0.4, 0.5) is 34.1 Å². The first-order valence-corrected chi connectivity index (χ1v) is 24.3. The highest BCUT2D eigenvalue weighted by Gasteiger charge is 2.28. The Labute approximate surface area is 404 Å². The normalized spacial score (nSPS) is 12.3. The van der Waals surface area contributed by atoms with Crippen LogP contribution in [0.5, 0.6) is 0 Å². The maximum Gasteiger partial charge on any atom is 0.0561 e. The van der Waals surface area contributed by atoms with Crippen molar-refractivity contribution in [1.82, 2.24) is 0 Å². The van der Waals surface area contributed by atoms with Crippen molar-refractivity contribution in [3.05, 3.63) is 216 Å². The van der Waals surface area contributed by atoms with Gasteiger partial charge in [0.05, 0.1) is 11.4 Å². The van der Waals surface area contributed by atoms with Crippen molar-refractivity contribution < 1.29 is 0 Å². The number of nitrogens with zero attached hydrogens (tertiary/aromatic N) is 2. The van der Waals surface area contributed by atoms with Gasteiger partial charge in [-0.2, -0.15) is 0 Å². The molecule has 10 rings (SSSR count). The van der Waals surface area contributed by atoms with E-state index in [1.54, 1.807) is 0 Å². The molecule has 0 atom stereocenters. The molecule has 0 bridgehead atoms. The van der Waals surface area contributed by atoms with Crippen LogP contribution in [-0.2, 0) is 16.2 Å². The van der Waals surface area contributed by atoms with Crippen LogP contribution in [0.3, 0.4) is 0 Å². The summed E-state index contributed by atoms with van der Waals surface area (Å²) in [7, 11) is 0. The minimum atomic E-state index is -0.0280. The third-order valence-corrected chi connectivity index (χ3v) is 14.0. The summed E-state index contributed by atoms with van der Waals surface area (Å²) in [5.74, 6) is 0. The molecule has 10 aromatic carbocycles. The molecular formula is C66H64N2. The molecule has 0 saturated carbocycles. The zero-order chi connectivity index (χ0) is 47.7. The predicted molar refractivity (Wildman–Crippen MR) is 296 cm³/mol. The van der Waals surface area contributed by atoms with Gasteiger partial charge in [0.15, 0.2) is 0 Å². The van der Waals surface area contributed by atoms with Gasteiger partial charge in [-0.3, -0.25) is 0 Å². The highest BCUT2D eigenvalue weighted by molar-refractivity contribution is 6.29. The quantitative estimate of drug-likeness (QED) is 0.140. The van der Waals surface area contributed by atoms with E-state index in [-0.39, 0.29) is 16.2 Å². The van der Waals surface area contributed by atoms with Crippen molar-refractivity contribution in [2.45, 2.75) is 92.4 Å². The second kappa shape index (κ2) is 16.9. The first-order chi connectivity index (χ1) is 32.5. The van der Waals surface area contributed by atoms with Crippen molar-refractivity contribution in [2.75, 3.05) is 9.80 Å². The lowest BCUT2D eigenvalue weighted by molar-refractivity contribution is 0.591. The SMILES string of the molecule is Cc1ccc(-c2ccccc2C(C)(C)C)cc1N(c1ccccc1)c1cc(N(c2ccccc2)c2cc(-c3ccccc3C(C)(C)C)ccc2C)c2ccc3cc(C(C)(C)C)cc4ccc1c2c43. The van der Waals surface area contributed by atoms with E-state index in [1.807, 2.05) is 0 Å². The second-order valence-corrected chi connectivity index (χ2v) is 22.0. The fourth-order valence-electron chi connectivity index (χ4n) is 10.5. The van der Waals surface area contributed by atoms with E-state index in [0.29, 0.717) is 0 Å².